The molecule has 0 saturated carbocycles. The second kappa shape index (κ2) is 9.78. The predicted molar refractivity (Wildman–Crippen MR) is 145 cm³/mol. The SMILES string of the molecule is CC(C)c1ccccc1-c1ncc2[nH]c(=O)n(Cc3ccc(-n4ccc([C@@H]5CCCNC5)n4)cc3)c2n1. The normalized spacial score (nSPS) is 16.0. The van der Waals surface area contributed by atoms with Crippen LogP contribution in [0.5, 0.6) is 0 Å². The van der Waals surface area contributed by atoms with Crippen molar-refractivity contribution in [3.05, 3.63) is 94.3 Å². The summed E-state index contributed by atoms with van der Waals surface area (Å²) in [6, 6.07) is 18.5. The van der Waals surface area contributed by atoms with Crippen LogP contribution >= 0.6 is 0 Å². The number of rotatable bonds is 6. The van der Waals surface area contributed by atoms with Crippen LogP contribution in [0.15, 0.2) is 71.8 Å². The molecule has 0 bridgehead atoms. The maximum atomic E-state index is 12.8. The zero-order valence-electron chi connectivity index (χ0n) is 21.2. The second-order valence-corrected chi connectivity index (χ2v) is 10.1. The van der Waals surface area contributed by atoms with E-state index in [0.717, 1.165) is 35.6 Å². The van der Waals surface area contributed by atoms with Crippen LogP contribution in [0.3, 0.4) is 0 Å². The summed E-state index contributed by atoms with van der Waals surface area (Å²) < 4.78 is 3.60. The topological polar surface area (TPSA) is 93.4 Å². The molecule has 2 aromatic carbocycles. The predicted octanol–water partition coefficient (Wildman–Crippen LogP) is 4.61. The van der Waals surface area contributed by atoms with Crippen LogP contribution in [0.1, 0.15) is 55.3 Å². The molecule has 4 heterocycles. The van der Waals surface area contributed by atoms with Gasteiger partial charge in [0.25, 0.3) is 0 Å². The van der Waals surface area contributed by atoms with E-state index in [1.54, 1.807) is 10.8 Å². The molecular weight excluding hydrogens is 462 g/mol. The van der Waals surface area contributed by atoms with E-state index in [4.69, 9.17) is 10.1 Å². The van der Waals surface area contributed by atoms with Crippen LogP contribution in [0.25, 0.3) is 28.2 Å². The van der Waals surface area contributed by atoms with Gasteiger partial charge in [0.05, 0.1) is 24.1 Å². The van der Waals surface area contributed by atoms with Gasteiger partial charge in [-0.05, 0) is 54.6 Å². The zero-order valence-corrected chi connectivity index (χ0v) is 21.2. The Labute approximate surface area is 215 Å². The number of aromatic amines is 1. The molecule has 6 rings (SSSR count). The molecule has 3 aromatic heterocycles. The van der Waals surface area contributed by atoms with Crippen LogP contribution in [0, 0.1) is 0 Å². The minimum Gasteiger partial charge on any atom is -0.316 e. The van der Waals surface area contributed by atoms with Crippen LogP contribution in [0.2, 0.25) is 0 Å². The molecule has 8 nitrogen and oxygen atoms in total. The monoisotopic (exact) mass is 493 g/mol. The molecule has 0 spiro atoms. The summed E-state index contributed by atoms with van der Waals surface area (Å²) in [7, 11) is 0. The first kappa shape index (κ1) is 23.4. The van der Waals surface area contributed by atoms with E-state index in [2.05, 4.69) is 41.3 Å². The lowest BCUT2D eigenvalue weighted by molar-refractivity contribution is 0.453. The number of fused-ring (bicyclic) bond motifs is 1. The van der Waals surface area contributed by atoms with Gasteiger partial charge in [0.2, 0.25) is 0 Å². The smallest absolute Gasteiger partial charge is 0.316 e. The largest absolute Gasteiger partial charge is 0.328 e. The van der Waals surface area contributed by atoms with Crippen LogP contribution < -0.4 is 11.0 Å². The summed E-state index contributed by atoms with van der Waals surface area (Å²) >= 11 is 0. The lowest BCUT2D eigenvalue weighted by atomic mass is 9.97. The number of imidazole rings is 1. The van der Waals surface area contributed by atoms with Gasteiger partial charge in [-0.25, -0.2) is 19.4 Å². The molecule has 0 aliphatic carbocycles. The van der Waals surface area contributed by atoms with E-state index in [9.17, 15) is 4.79 Å². The summed E-state index contributed by atoms with van der Waals surface area (Å²) in [5, 5.41) is 8.28. The van der Waals surface area contributed by atoms with Gasteiger partial charge in [0.15, 0.2) is 11.5 Å². The van der Waals surface area contributed by atoms with Crippen molar-refractivity contribution in [1.29, 1.82) is 0 Å². The lowest BCUT2D eigenvalue weighted by Gasteiger charge is -2.20. The summed E-state index contributed by atoms with van der Waals surface area (Å²) in [5.74, 6) is 1.44. The highest BCUT2D eigenvalue weighted by Gasteiger charge is 2.18. The molecule has 1 aliphatic heterocycles. The van der Waals surface area contributed by atoms with Crippen LogP contribution in [0.4, 0.5) is 0 Å². The van der Waals surface area contributed by atoms with Gasteiger partial charge in [-0.3, -0.25) is 4.57 Å². The van der Waals surface area contributed by atoms with E-state index < -0.39 is 0 Å². The highest BCUT2D eigenvalue weighted by atomic mass is 16.1. The Morgan fingerprint density at radius 2 is 1.92 bits per heavy atom. The molecule has 1 atom stereocenters. The van der Waals surface area contributed by atoms with Crippen molar-refractivity contribution in [2.24, 2.45) is 0 Å². The number of hydrogen-bond donors (Lipinski definition) is 2. The number of aromatic nitrogens is 6. The Kier molecular flexibility index (Phi) is 6.18. The Hall–Kier alpha value is -4.04. The minimum atomic E-state index is -0.194. The van der Waals surface area contributed by atoms with Gasteiger partial charge in [-0.2, -0.15) is 5.10 Å². The Morgan fingerprint density at radius 1 is 1.08 bits per heavy atom. The lowest BCUT2D eigenvalue weighted by Crippen LogP contribution is -2.28. The summed E-state index contributed by atoms with van der Waals surface area (Å²) in [5.41, 5.74) is 6.37. The van der Waals surface area contributed by atoms with Crippen LogP contribution in [-0.2, 0) is 6.54 Å². The quantitative estimate of drug-likeness (QED) is 0.360. The Morgan fingerprint density at radius 3 is 2.70 bits per heavy atom. The van der Waals surface area contributed by atoms with Gasteiger partial charge in [0.1, 0.15) is 5.52 Å². The number of H-pyrrole nitrogens is 1. The molecule has 2 N–H and O–H groups in total. The highest BCUT2D eigenvalue weighted by molar-refractivity contribution is 5.73. The van der Waals surface area contributed by atoms with E-state index >= 15 is 0 Å². The number of nitrogens with one attached hydrogen (secondary N) is 2. The Balaban J connectivity index is 1.27. The zero-order chi connectivity index (χ0) is 25.4. The van der Waals surface area contributed by atoms with Gasteiger partial charge >= 0.3 is 5.69 Å². The van der Waals surface area contributed by atoms with E-state index in [0.29, 0.717) is 35.4 Å². The van der Waals surface area contributed by atoms with Crippen molar-refractivity contribution in [3.63, 3.8) is 0 Å². The molecule has 37 heavy (non-hydrogen) atoms. The average molecular weight is 494 g/mol. The first-order valence-electron chi connectivity index (χ1n) is 13.0. The molecule has 0 unspecified atom stereocenters. The molecule has 0 amide bonds. The fourth-order valence-electron chi connectivity index (χ4n) is 5.17. The fraction of sp³-hybridized carbons (Fsp3) is 0.310. The summed E-state index contributed by atoms with van der Waals surface area (Å²) in [6.45, 7) is 6.81. The second-order valence-electron chi connectivity index (χ2n) is 10.1. The van der Waals surface area contributed by atoms with Gasteiger partial charge in [-0.1, -0.05) is 50.2 Å². The average Bonchev–Trinajstić information content (AvgIpc) is 3.54. The maximum Gasteiger partial charge on any atom is 0.328 e. The van der Waals surface area contributed by atoms with Gasteiger partial charge < -0.3 is 10.3 Å². The van der Waals surface area contributed by atoms with Gasteiger partial charge in [-0.15, -0.1) is 0 Å². The standard InChI is InChI=1S/C29H31N7O/c1-19(2)23-7-3-4-8-24(23)27-31-17-26-28(33-27)35(29(37)32-26)18-20-9-11-22(12-10-20)36-15-13-25(34-36)21-6-5-14-30-16-21/h3-4,7-13,15,17,19,21,30H,5-6,14,16,18H2,1-2H3,(H,32,37)/t21-/m1/s1. The van der Waals surface area contributed by atoms with E-state index in [-0.39, 0.29) is 5.69 Å². The number of hydrogen-bond acceptors (Lipinski definition) is 5. The third kappa shape index (κ3) is 4.60. The number of benzene rings is 2. The first-order valence-corrected chi connectivity index (χ1v) is 13.0. The third-order valence-electron chi connectivity index (χ3n) is 7.20. The number of piperidine rings is 1. The molecule has 0 radical (unpaired) electrons. The van der Waals surface area contributed by atoms with Crippen molar-refractivity contribution in [2.45, 2.75) is 45.1 Å². The molecule has 5 aromatic rings. The van der Waals surface area contributed by atoms with E-state index in [1.807, 2.05) is 53.3 Å². The van der Waals surface area contributed by atoms with Crippen molar-refractivity contribution in [3.8, 4) is 17.1 Å². The highest BCUT2D eigenvalue weighted by Crippen LogP contribution is 2.27. The van der Waals surface area contributed by atoms with Crippen molar-refractivity contribution < 1.29 is 0 Å². The first-order chi connectivity index (χ1) is 18.1. The molecule has 1 aliphatic rings. The Bertz CT molecular complexity index is 1590. The molecule has 1 saturated heterocycles. The third-order valence-corrected chi connectivity index (χ3v) is 7.20. The molecule has 8 heteroatoms. The molecule has 188 valence electrons. The fourth-order valence-corrected chi connectivity index (χ4v) is 5.17. The van der Waals surface area contributed by atoms with Crippen molar-refractivity contribution in [2.75, 3.05) is 13.1 Å². The molecular formula is C29H31N7O. The summed E-state index contributed by atoms with van der Waals surface area (Å²) in [6.07, 6.45) is 6.09. The summed E-state index contributed by atoms with van der Waals surface area (Å²) in [4.78, 5) is 25.1. The van der Waals surface area contributed by atoms with Crippen LogP contribution in [-0.4, -0.2) is 42.4 Å². The van der Waals surface area contributed by atoms with Gasteiger partial charge in [0, 0.05) is 24.2 Å². The van der Waals surface area contributed by atoms with E-state index in [1.165, 1.54) is 18.4 Å². The maximum absolute atomic E-state index is 12.8. The van der Waals surface area contributed by atoms with Crippen molar-refractivity contribution >= 4 is 11.2 Å². The minimum absolute atomic E-state index is 0.194. The van der Waals surface area contributed by atoms with Crippen molar-refractivity contribution in [1.82, 2.24) is 34.6 Å². The molecule has 1 fully saturated rings. The number of nitrogens with zero attached hydrogens (tertiary/aromatic N) is 5.